The fourth-order valence-electron chi connectivity index (χ4n) is 4.22. The summed E-state index contributed by atoms with van der Waals surface area (Å²) in [4.78, 5) is 17.8. The third-order valence-corrected chi connectivity index (χ3v) is 6.40. The Bertz CT molecular complexity index is 933. The first kappa shape index (κ1) is 21.3. The maximum absolute atomic E-state index is 12.8. The minimum Gasteiger partial charge on any atom is -0.376 e. The van der Waals surface area contributed by atoms with Crippen LogP contribution in [-0.4, -0.2) is 53.5 Å². The molecule has 3 heterocycles. The molecule has 4 rings (SSSR count). The monoisotopic (exact) mass is 429 g/mol. The standard InChI is InChI=1S/C23H31N3O3S/c1-2-16-7-8-21-17(11-16)12-18(22(27)25-21)14-26(15-20-6-4-10-29-20)23(30)24-13-19-5-3-9-28-19/h7-8,11-12,19-20H,2-6,9-10,13-15H2,1H3,(H,24,30)(H,25,27)/t19-,20+/m1/s1. The van der Waals surface area contributed by atoms with Gasteiger partial charge >= 0.3 is 0 Å². The zero-order valence-corrected chi connectivity index (χ0v) is 18.4. The average molecular weight is 430 g/mol. The lowest BCUT2D eigenvalue weighted by molar-refractivity contribution is 0.0885. The van der Waals surface area contributed by atoms with Gasteiger partial charge < -0.3 is 24.7 Å². The van der Waals surface area contributed by atoms with Crippen LogP contribution in [0.25, 0.3) is 10.9 Å². The number of nitrogens with zero attached hydrogens (tertiary/aromatic N) is 1. The molecule has 1 aromatic carbocycles. The minimum atomic E-state index is -0.0639. The van der Waals surface area contributed by atoms with E-state index in [-0.39, 0.29) is 17.8 Å². The Kier molecular flexibility index (Phi) is 7.02. The summed E-state index contributed by atoms with van der Waals surface area (Å²) in [6.45, 7) is 5.60. The van der Waals surface area contributed by atoms with E-state index in [4.69, 9.17) is 21.7 Å². The highest BCUT2D eigenvalue weighted by Gasteiger charge is 2.23. The molecule has 0 saturated carbocycles. The molecule has 162 valence electrons. The second kappa shape index (κ2) is 9.90. The molecule has 0 bridgehead atoms. The maximum atomic E-state index is 12.8. The number of rotatable bonds is 7. The molecule has 2 fully saturated rings. The van der Waals surface area contributed by atoms with Crippen molar-refractivity contribution in [1.29, 1.82) is 0 Å². The largest absolute Gasteiger partial charge is 0.376 e. The van der Waals surface area contributed by atoms with Gasteiger partial charge in [-0.1, -0.05) is 13.0 Å². The predicted octanol–water partition coefficient (Wildman–Crippen LogP) is 3.13. The van der Waals surface area contributed by atoms with Crippen LogP contribution in [0.2, 0.25) is 0 Å². The van der Waals surface area contributed by atoms with Crippen LogP contribution in [0.3, 0.4) is 0 Å². The average Bonchev–Trinajstić information content (AvgIpc) is 3.46. The lowest BCUT2D eigenvalue weighted by Crippen LogP contribution is -2.45. The number of ether oxygens (including phenoxy) is 2. The predicted molar refractivity (Wildman–Crippen MR) is 123 cm³/mol. The number of H-pyrrole nitrogens is 1. The molecular weight excluding hydrogens is 398 g/mol. The molecule has 7 heteroatoms. The SMILES string of the molecule is CCc1ccc2[nH]c(=O)c(CN(C[C@@H]3CCCO3)C(=S)NC[C@H]3CCCO3)cc2c1. The van der Waals surface area contributed by atoms with E-state index in [1.54, 1.807) is 0 Å². The number of hydrogen-bond donors (Lipinski definition) is 2. The molecule has 6 nitrogen and oxygen atoms in total. The Morgan fingerprint density at radius 2 is 1.97 bits per heavy atom. The Labute approximate surface area is 182 Å². The van der Waals surface area contributed by atoms with Crippen molar-refractivity contribution in [3.63, 3.8) is 0 Å². The highest BCUT2D eigenvalue weighted by Crippen LogP contribution is 2.18. The summed E-state index contributed by atoms with van der Waals surface area (Å²) in [5.41, 5.74) is 2.78. The number of benzene rings is 1. The second-order valence-electron chi connectivity index (χ2n) is 8.24. The third kappa shape index (κ3) is 5.20. The van der Waals surface area contributed by atoms with Crippen LogP contribution in [-0.2, 0) is 22.4 Å². The molecule has 2 atom stereocenters. The Morgan fingerprint density at radius 3 is 2.67 bits per heavy atom. The summed E-state index contributed by atoms with van der Waals surface area (Å²) in [5, 5.41) is 5.07. The Morgan fingerprint density at radius 1 is 1.20 bits per heavy atom. The van der Waals surface area contributed by atoms with Gasteiger partial charge in [-0.15, -0.1) is 0 Å². The number of thiocarbonyl (C=S) groups is 1. The fraction of sp³-hybridized carbons (Fsp3) is 0.565. The molecule has 2 saturated heterocycles. The summed E-state index contributed by atoms with van der Waals surface area (Å²) in [7, 11) is 0. The lowest BCUT2D eigenvalue weighted by atomic mass is 10.1. The van der Waals surface area contributed by atoms with E-state index in [1.165, 1.54) is 5.56 Å². The van der Waals surface area contributed by atoms with Gasteiger partial charge in [-0.2, -0.15) is 0 Å². The van der Waals surface area contributed by atoms with Crippen molar-refractivity contribution in [2.45, 2.75) is 57.8 Å². The topological polar surface area (TPSA) is 66.6 Å². The van der Waals surface area contributed by atoms with Crippen LogP contribution < -0.4 is 10.9 Å². The van der Waals surface area contributed by atoms with Crippen LogP contribution in [0.4, 0.5) is 0 Å². The van der Waals surface area contributed by atoms with Gasteiger partial charge in [0, 0.05) is 37.4 Å². The summed E-state index contributed by atoms with van der Waals surface area (Å²) >= 11 is 5.71. The Balaban J connectivity index is 1.52. The molecule has 0 aliphatic carbocycles. The molecular formula is C23H31N3O3S. The molecule has 0 amide bonds. The van der Waals surface area contributed by atoms with E-state index in [2.05, 4.69) is 34.3 Å². The first-order chi connectivity index (χ1) is 14.6. The van der Waals surface area contributed by atoms with Crippen molar-refractivity contribution in [1.82, 2.24) is 15.2 Å². The molecule has 30 heavy (non-hydrogen) atoms. The first-order valence-corrected chi connectivity index (χ1v) is 11.4. The van der Waals surface area contributed by atoms with Crippen LogP contribution in [0.5, 0.6) is 0 Å². The van der Waals surface area contributed by atoms with Crippen molar-refractivity contribution >= 4 is 28.2 Å². The van der Waals surface area contributed by atoms with Gasteiger partial charge in [0.1, 0.15) is 0 Å². The van der Waals surface area contributed by atoms with Gasteiger partial charge in [0.15, 0.2) is 5.11 Å². The molecule has 0 radical (unpaired) electrons. The van der Waals surface area contributed by atoms with E-state index in [1.807, 2.05) is 12.1 Å². The van der Waals surface area contributed by atoms with Gasteiger partial charge in [0.05, 0.1) is 18.8 Å². The van der Waals surface area contributed by atoms with E-state index in [0.29, 0.717) is 24.7 Å². The van der Waals surface area contributed by atoms with E-state index in [9.17, 15) is 4.79 Å². The fourth-order valence-corrected chi connectivity index (χ4v) is 4.44. The van der Waals surface area contributed by atoms with Gasteiger partial charge in [-0.25, -0.2) is 0 Å². The van der Waals surface area contributed by atoms with E-state index >= 15 is 0 Å². The lowest BCUT2D eigenvalue weighted by Gasteiger charge is -2.28. The van der Waals surface area contributed by atoms with Gasteiger partial charge in [0.25, 0.3) is 5.56 Å². The quantitative estimate of drug-likeness (QED) is 0.660. The third-order valence-electron chi connectivity index (χ3n) is 6.00. The minimum absolute atomic E-state index is 0.0639. The number of fused-ring (bicyclic) bond motifs is 1. The van der Waals surface area contributed by atoms with Crippen molar-refractivity contribution in [2.24, 2.45) is 0 Å². The smallest absolute Gasteiger partial charge is 0.253 e. The number of aryl methyl sites for hydroxylation is 1. The Hall–Kier alpha value is -1.96. The molecule has 0 unspecified atom stereocenters. The van der Waals surface area contributed by atoms with Crippen LogP contribution in [0.1, 0.15) is 43.7 Å². The molecule has 2 N–H and O–H groups in total. The summed E-state index contributed by atoms with van der Waals surface area (Å²) in [5.74, 6) is 0. The van der Waals surface area contributed by atoms with Crippen molar-refractivity contribution in [3.8, 4) is 0 Å². The van der Waals surface area contributed by atoms with Crippen LogP contribution in [0, 0.1) is 0 Å². The van der Waals surface area contributed by atoms with Crippen LogP contribution >= 0.6 is 12.2 Å². The molecule has 0 spiro atoms. The summed E-state index contributed by atoms with van der Waals surface area (Å²) in [6.07, 6.45) is 5.59. The molecule has 2 aliphatic heterocycles. The number of aromatic amines is 1. The van der Waals surface area contributed by atoms with Crippen molar-refractivity contribution in [2.75, 3.05) is 26.3 Å². The van der Waals surface area contributed by atoms with Gasteiger partial charge in [0.2, 0.25) is 0 Å². The highest BCUT2D eigenvalue weighted by atomic mass is 32.1. The molecule has 1 aromatic heterocycles. The number of hydrogen-bond acceptors (Lipinski definition) is 4. The number of pyridine rings is 1. The summed E-state index contributed by atoms with van der Waals surface area (Å²) in [6, 6.07) is 8.19. The zero-order chi connectivity index (χ0) is 20.9. The number of nitrogens with one attached hydrogen (secondary N) is 2. The van der Waals surface area contributed by atoms with E-state index < -0.39 is 0 Å². The second-order valence-corrected chi connectivity index (χ2v) is 8.62. The molecule has 2 aliphatic rings. The van der Waals surface area contributed by atoms with Crippen molar-refractivity contribution < 1.29 is 9.47 Å². The van der Waals surface area contributed by atoms with Crippen LogP contribution in [0.15, 0.2) is 29.1 Å². The zero-order valence-electron chi connectivity index (χ0n) is 17.6. The van der Waals surface area contributed by atoms with Gasteiger partial charge in [-0.05, 0) is 73.5 Å². The maximum Gasteiger partial charge on any atom is 0.253 e. The number of aromatic nitrogens is 1. The summed E-state index contributed by atoms with van der Waals surface area (Å²) < 4.78 is 11.5. The van der Waals surface area contributed by atoms with Gasteiger partial charge in [-0.3, -0.25) is 4.79 Å². The molecule has 2 aromatic rings. The van der Waals surface area contributed by atoms with Crippen molar-refractivity contribution in [3.05, 3.63) is 45.7 Å². The highest BCUT2D eigenvalue weighted by molar-refractivity contribution is 7.80. The normalized spacial score (nSPS) is 21.2. The first-order valence-electron chi connectivity index (χ1n) is 11.0. The van der Waals surface area contributed by atoms with E-state index in [0.717, 1.165) is 61.8 Å².